The number of hydrogen-bond donors (Lipinski definition) is 1. The number of aromatic nitrogens is 2. The third kappa shape index (κ3) is 6.16. The number of nitrogens with zero attached hydrogens (tertiary/aromatic N) is 3. The van der Waals surface area contributed by atoms with Crippen LogP contribution in [0.15, 0.2) is 52.4 Å². The van der Waals surface area contributed by atoms with Crippen LogP contribution in [-0.2, 0) is 14.6 Å². The number of rotatable bonds is 7. The van der Waals surface area contributed by atoms with Gasteiger partial charge in [0.05, 0.1) is 17.7 Å². The van der Waals surface area contributed by atoms with Gasteiger partial charge in [-0.2, -0.15) is 5.26 Å². The van der Waals surface area contributed by atoms with Crippen molar-refractivity contribution in [2.75, 3.05) is 18.7 Å². The smallest absolute Gasteiger partial charge is 0.343 e. The fourth-order valence-corrected chi connectivity index (χ4v) is 4.20. The number of anilines is 1. The molecule has 174 valence electrons. The molecule has 1 heterocycles. The van der Waals surface area contributed by atoms with E-state index in [1.165, 1.54) is 31.4 Å². The van der Waals surface area contributed by atoms with Crippen molar-refractivity contribution < 1.29 is 27.5 Å². The van der Waals surface area contributed by atoms with E-state index in [0.29, 0.717) is 28.2 Å². The van der Waals surface area contributed by atoms with Crippen LogP contribution < -0.4 is 14.8 Å². The first-order valence-electron chi connectivity index (χ1n) is 9.23. The number of ether oxygens (including phenoxy) is 2. The zero-order chi connectivity index (χ0) is 24.9. The molecule has 3 rings (SSSR count). The van der Waals surface area contributed by atoms with E-state index < -0.39 is 21.7 Å². The van der Waals surface area contributed by atoms with Crippen molar-refractivity contribution in [3.8, 4) is 17.6 Å². The van der Waals surface area contributed by atoms with Gasteiger partial charge in [0.1, 0.15) is 23.1 Å². The van der Waals surface area contributed by atoms with Crippen LogP contribution in [0.1, 0.15) is 15.9 Å². The summed E-state index contributed by atoms with van der Waals surface area (Å²) in [7, 11) is -2.06. The predicted molar refractivity (Wildman–Crippen MR) is 125 cm³/mol. The highest BCUT2D eigenvalue weighted by atomic mass is 35.5. The molecule has 13 heteroatoms. The zero-order valence-electron chi connectivity index (χ0n) is 17.6. The average molecular weight is 519 g/mol. The van der Waals surface area contributed by atoms with Crippen LogP contribution in [0.2, 0.25) is 5.02 Å². The number of esters is 1. The maximum absolute atomic E-state index is 12.4. The van der Waals surface area contributed by atoms with Crippen molar-refractivity contribution in [1.82, 2.24) is 10.2 Å². The number of amides is 1. The molecule has 0 aliphatic heterocycles. The molecule has 0 fully saturated rings. The van der Waals surface area contributed by atoms with Gasteiger partial charge in [-0.3, -0.25) is 10.1 Å². The van der Waals surface area contributed by atoms with Gasteiger partial charge in [-0.15, -0.1) is 10.2 Å². The van der Waals surface area contributed by atoms with Crippen LogP contribution in [0.5, 0.6) is 11.5 Å². The van der Waals surface area contributed by atoms with Gasteiger partial charge in [-0.1, -0.05) is 29.0 Å². The fourth-order valence-electron chi connectivity index (χ4n) is 2.47. The second-order valence-corrected chi connectivity index (χ2v) is 10.2. The molecule has 0 radical (unpaired) electrons. The zero-order valence-corrected chi connectivity index (χ0v) is 20.0. The number of nitriles is 1. The second kappa shape index (κ2) is 10.4. The van der Waals surface area contributed by atoms with Crippen molar-refractivity contribution >= 4 is 55.9 Å². The van der Waals surface area contributed by atoms with Gasteiger partial charge in [-0.05, 0) is 48.0 Å². The summed E-state index contributed by atoms with van der Waals surface area (Å²) >= 11 is 6.86. The lowest BCUT2D eigenvalue weighted by Crippen LogP contribution is -2.13. The van der Waals surface area contributed by atoms with Gasteiger partial charge in [0.15, 0.2) is 0 Å². The Balaban J connectivity index is 1.73. The largest absolute Gasteiger partial charge is 0.497 e. The van der Waals surface area contributed by atoms with E-state index in [9.17, 15) is 23.3 Å². The van der Waals surface area contributed by atoms with Gasteiger partial charge in [0.2, 0.25) is 19.3 Å². The van der Waals surface area contributed by atoms with Crippen molar-refractivity contribution in [2.24, 2.45) is 0 Å². The molecule has 0 saturated carbocycles. The lowest BCUT2D eigenvalue weighted by Gasteiger charge is -2.08. The summed E-state index contributed by atoms with van der Waals surface area (Å²) in [4.78, 5) is 24.7. The summed E-state index contributed by atoms with van der Waals surface area (Å²) in [6, 6.07) is 12.4. The standard InChI is InChI=1S/C21H15ClN4O6S2/c1-31-15-6-4-13(5-7-15)19(28)32-17-8-3-12(10-16(17)22)9-14(11-23)18(27)24-20-25-26-21(33-20)34(2,29)30/h3-10H,1-2H3,(H,24,25,27)/b14-9-. The molecule has 10 nitrogen and oxygen atoms in total. The van der Waals surface area contributed by atoms with E-state index in [4.69, 9.17) is 21.1 Å². The second-order valence-electron chi connectivity index (χ2n) is 6.58. The number of halogens is 1. The molecule has 1 N–H and O–H groups in total. The molecule has 0 bridgehead atoms. The molecule has 0 aliphatic carbocycles. The number of nitrogens with one attached hydrogen (secondary N) is 1. The summed E-state index contributed by atoms with van der Waals surface area (Å²) in [6.45, 7) is 0. The molecule has 0 spiro atoms. The Morgan fingerprint density at radius 3 is 2.44 bits per heavy atom. The molecule has 34 heavy (non-hydrogen) atoms. The van der Waals surface area contributed by atoms with E-state index in [-0.39, 0.29) is 25.8 Å². The number of sulfone groups is 1. The van der Waals surface area contributed by atoms with E-state index in [0.717, 1.165) is 6.26 Å². The van der Waals surface area contributed by atoms with Crippen LogP contribution in [0.4, 0.5) is 5.13 Å². The van der Waals surface area contributed by atoms with E-state index in [1.807, 2.05) is 0 Å². The average Bonchev–Trinajstić information content (AvgIpc) is 3.28. The Kier molecular flexibility index (Phi) is 7.62. The minimum Gasteiger partial charge on any atom is -0.497 e. The molecule has 1 amide bonds. The lowest BCUT2D eigenvalue weighted by atomic mass is 10.1. The monoisotopic (exact) mass is 518 g/mol. The first kappa shape index (κ1) is 24.8. The normalized spacial score (nSPS) is 11.4. The number of hydrogen-bond acceptors (Lipinski definition) is 10. The molecule has 3 aromatic rings. The molecule has 0 atom stereocenters. The molecule has 0 unspecified atom stereocenters. The Labute approximate surface area is 203 Å². The van der Waals surface area contributed by atoms with Crippen molar-refractivity contribution in [2.45, 2.75) is 4.34 Å². The highest BCUT2D eigenvalue weighted by molar-refractivity contribution is 7.92. The van der Waals surface area contributed by atoms with Gasteiger partial charge in [0, 0.05) is 6.26 Å². The van der Waals surface area contributed by atoms with Crippen LogP contribution in [0.3, 0.4) is 0 Å². The van der Waals surface area contributed by atoms with Crippen molar-refractivity contribution in [1.29, 1.82) is 5.26 Å². The van der Waals surface area contributed by atoms with E-state index in [1.54, 1.807) is 30.3 Å². The van der Waals surface area contributed by atoms with Gasteiger partial charge < -0.3 is 9.47 Å². The topological polar surface area (TPSA) is 148 Å². The third-order valence-electron chi connectivity index (χ3n) is 4.10. The maximum atomic E-state index is 12.4. The Morgan fingerprint density at radius 2 is 1.88 bits per heavy atom. The highest BCUT2D eigenvalue weighted by Crippen LogP contribution is 2.28. The predicted octanol–water partition coefficient (Wildman–Crippen LogP) is 3.37. The van der Waals surface area contributed by atoms with Crippen molar-refractivity contribution in [3.63, 3.8) is 0 Å². The Hall–Kier alpha value is -3.79. The van der Waals surface area contributed by atoms with Crippen LogP contribution in [0, 0.1) is 11.3 Å². The molecular weight excluding hydrogens is 504 g/mol. The maximum Gasteiger partial charge on any atom is 0.343 e. The van der Waals surface area contributed by atoms with E-state index in [2.05, 4.69) is 15.5 Å². The minimum absolute atomic E-state index is 0.0783. The lowest BCUT2D eigenvalue weighted by molar-refractivity contribution is -0.112. The first-order valence-corrected chi connectivity index (χ1v) is 12.3. The third-order valence-corrected chi connectivity index (χ3v) is 6.91. The highest BCUT2D eigenvalue weighted by Gasteiger charge is 2.18. The molecule has 2 aromatic carbocycles. The Morgan fingerprint density at radius 1 is 1.18 bits per heavy atom. The van der Waals surface area contributed by atoms with Crippen LogP contribution in [0.25, 0.3) is 6.08 Å². The van der Waals surface area contributed by atoms with Gasteiger partial charge in [-0.25, -0.2) is 13.2 Å². The molecular formula is C21H15ClN4O6S2. The number of methoxy groups -OCH3 is 1. The summed E-state index contributed by atoms with van der Waals surface area (Å²) in [6.07, 6.45) is 2.22. The van der Waals surface area contributed by atoms with Crippen molar-refractivity contribution in [3.05, 3.63) is 64.2 Å². The first-order chi connectivity index (χ1) is 16.1. The summed E-state index contributed by atoms with van der Waals surface area (Å²) in [5, 5.41) is 18.7. The number of carbonyl (C=O) groups is 2. The summed E-state index contributed by atoms with van der Waals surface area (Å²) < 4.78 is 33.0. The number of carbonyl (C=O) groups excluding carboxylic acids is 2. The molecule has 0 saturated heterocycles. The molecule has 1 aromatic heterocycles. The quantitative estimate of drug-likeness (QED) is 0.163. The minimum atomic E-state index is -3.57. The van der Waals surface area contributed by atoms with Gasteiger partial charge in [0.25, 0.3) is 5.91 Å². The molecule has 0 aliphatic rings. The Bertz CT molecular complexity index is 1430. The number of benzene rings is 2. The summed E-state index contributed by atoms with van der Waals surface area (Å²) in [5.74, 6) is -0.768. The fraction of sp³-hybridized carbons (Fsp3) is 0.0952. The van der Waals surface area contributed by atoms with Crippen LogP contribution in [-0.4, -0.2) is 43.9 Å². The van der Waals surface area contributed by atoms with Crippen LogP contribution >= 0.6 is 22.9 Å². The SMILES string of the molecule is COc1ccc(C(=O)Oc2ccc(/C=C(/C#N)C(=O)Nc3nnc(S(C)(=O)=O)s3)cc2Cl)cc1. The summed E-state index contributed by atoms with van der Waals surface area (Å²) in [5.41, 5.74) is 0.380. The van der Waals surface area contributed by atoms with Gasteiger partial charge >= 0.3 is 5.97 Å². The van der Waals surface area contributed by atoms with E-state index >= 15 is 0 Å².